The Labute approximate surface area is 201 Å². The predicted molar refractivity (Wildman–Crippen MR) is 130 cm³/mol. The van der Waals surface area contributed by atoms with E-state index in [-0.39, 0.29) is 10.9 Å². The average molecular weight is 497 g/mol. The predicted octanol–water partition coefficient (Wildman–Crippen LogP) is 4.44. The second-order valence-corrected chi connectivity index (χ2v) is 11.2. The number of piperazine rings is 1. The molecule has 32 heavy (non-hydrogen) atoms. The Hall–Kier alpha value is -1.38. The van der Waals surface area contributed by atoms with E-state index < -0.39 is 10.0 Å². The first-order valence-corrected chi connectivity index (χ1v) is 13.5. The van der Waals surface area contributed by atoms with Crippen LogP contribution in [0.3, 0.4) is 0 Å². The number of rotatable bonds is 7. The quantitative estimate of drug-likeness (QED) is 0.613. The molecular weight excluding hydrogens is 467 g/mol. The third kappa shape index (κ3) is 5.94. The maximum absolute atomic E-state index is 12.5. The van der Waals surface area contributed by atoms with Crippen LogP contribution in [-0.4, -0.2) is 57.1 Å². The number of anilines is 1. The summed E-state index contributed by atoms with van der Waals surface area (Å²) in [5.74, 6) is 0.662. The largest absolute Gasteiger partial charge is 0.368 e. The number of aromatic nitrogens is 1. The van der Waals surface area contributed by atoms with E-state index in [1.165, 1.54) is 12.6 Å². The number of pyridine rings is 1. The molecule has 2 aromatic rings. The molecule has 1 aromatic heterocycles. The van der Waals surface area contributed by atoms with Crippen molar-refractivity contribution in [3.8, 4) is 0 Å². The smallest absolute Gasteiger partial charge is 0.242 e. The summed E-state index contributed by atoms with van der Waals surface area (Å²) in [6.07, 6.45) is 8.07. The van der Waals surface area contributed by atoms with Crippen molar-refractivity contribution in [3.63, 3.8) is 0 Å². The maximum Gasteiger partial charge on any atom is 0.242 e. The van der Waals surface area contributed by atoms with E-state index in [1.807, 2.05) is 18.2 Å². The lowest BCUT2D eigenvalue weighted by atomic mass is 9.84. The molecule has 2 heterocycles. The van der Waals surface area contributed by atoms with E-state index in [0.717, 1.165) is 64.1 Å². The molecule has 1 aromatic carbocycles. The molecule has 1 aliphatic carbocycles. The van der Waals surface area contributed by atoms with Crippen LogP contribution in [0, 0.1) is 5.92 Å². The van der Waals surface area contributed by atoms with Crippen LogP contribution in [0.4, 0.5) is 5.69 Å². The molecule has 1 saturated heterocycles. The molecule has 6 nitrogen and oxygen atoms in total. The van der Waals surface area contributed by atoms with Crippen LogP contribution < -0.4 is 9.62 Å². The van der Waals surface area contributed by atoms with E-state index in [1.54, 1.807) is 18.3 Å². The van der Waals surface area contributed by atoms with Gasteiger partial charge in [0.05, 0.1) is 15.7 Å². The van der Waals surface area contributed by atoms with Gasteiger partial charge in [0.2, 0.25) is 10.0 Å². The van der Waals surface area contributed by atoms with Gasteiger partial charge in [0, 0.05) is 44.6 Å². The minimum absolute atomic E-state index is 0.0162. The summed E-state index contributed by atoms with van der Waals surface area (Å²) < 4.78 is 27.9. The molecule has 174 valence electrons. The van der Waals surface area contributed by atoms with Gasteiger partial charge in [-0.25, -0.2) is 13.1 Å². The molecule has 0 spiro atoms. The van der Waals surface area contributed by atoms with Crippen molar-refractivity contribution in [2.24, 2.45) is 5.92 Å². The number of hydrogen-bond donors (Lipinski definition) is 1. The molecule has 1 saturated carbocycles. The van der Waals surface area contributed by atoms with Crippen molar-refractivity contribution >= 4 is 38.9 Å². The second kappa shape index (κ2) is 10.7. The van der Waals surface area contributed by atoms with Gasteiger partial charge in [-0.15, -0.1) is 0 Å². The molecule has 1 N–H and O–H groups in total. The first kappa shape index (κ1) is 23.8. The summed E-state index contributed by atoms with van der Waals surface area (Å²) >= 11 is 12.5. The van der Waals surface area contributed by atoms with Crippen LogP contribution in [0.15, 0.2) is 47.6 Å². The Morgan fingerprint density at radius 3 is 2.44 bits per heavy atom. The first-order chi connectivity index (χ1) is 15.4. The summed E-state index contributed by atoms with van der Waals surface area (Å²) in [5, 5.41) is 1.24. The summed E-state index contributed by atoms with van der Waals surface area (Å²) in [6, 6.07) is 9.05. The van der Waals surface area contributed by atoms with Gasteiger partial charge in [0.25, 0.3) is 0 Å². The van der Waals surface area contributed by atoms with Crippen molar-refractivity contribution in [2.75, 3.05) is 37.6 Å². The van der Waals surface area contributed by atoms with Crippen molar-refractivity contribution in [1.82, 2.24) is 14.6 Å². The lowest BCUT2D eigenvalue weighted by molar-refractivity contribution is 0.214. The van der Waals surface area contributed by atoms with Gasteiger partial charge in [0.1, 0.15) is 4.90 Å². The highest BCUT2D eigenvalue weighted by Crippen LogP contribution is 2.33. The fourth-order valence-electron chi connectivity index (χ4n) is 4.68. The van der Waals surface area contributed by atoms with Crippen LogP contribution in [0.5, 0.6) is 0 Å². The van der Waals surface area contributed by atoms with Gasteiger partial charge in [-0.05, 0) is 68.8 Å². The van der Waals surface area contributed by atoms with Gasteiger partial charge in [0.15, 0.2) is 0 Å². The molecule has 0 unspecified atom stereocenters. The summed E-state index contributed by atoms with van der Waals surface area (Å²) in [7, 11) is -3.48. The molecule has 0 amide bonds. The zero-order valence-corrected chi connectivity index (χ0v) is 20.4. The van der Waals surface area contributed by atoms with E-state index in [2.05, 4.69) is 19.5 Å². The summed E-state index contributed by atoms with van der Waals surface area (Å²) in [5.41, 5.74) is 1.02. The molecule has 0 atom stereocenters. The van der Waals surface area contributed by atoms with Gasteiger partial charge < -0.3 is 4.90 Å². The van der Waals surface area contributed by atoms with E-state index in [0.29, 0.717) is 16.0 Å². The van der Waals surface area contributed by atoms with Crippen LogP contribution in [0.25, 0.3) is 0 Å². The number of halogens is 2. The summed E-state index contributed by atoms with van der Waals surface area (Å²) in [6.45, 7) is 5.02. The van der Waals surface area contributed by atoms with E-state index in [9.17, 15) is 8.42 Å². The highest BCUT2D eigenvalue weighted by Gasteiger charge is 2.27. The number of benzene rings is 1. The van der Waals surface area contributed by atoms with Crippen LogP contribution in [0.1, 0.15) is 32.1 Å². The Morgan fingerprint density at radius 2 is 1.75 bits per heavy atom. The van der Waals surface area contributed by atoms with Crippen LogP contribution in [-0.2, 0) is 10.0 Å². The monoisotopic (exact) mass is 496 g/mol. The molecule has 4 rings (SSSR count). The number of nitrogens with zero attached hydrogens (tertiary/aromatic N) is 3. The average Bonchev–Trinajstić information content (AvgIpc) is 2.81. The second-order valence-electron chi connectivity index (χ2n) is 8.72. The maximum atomic E-state index is 12.5. The lowest BCUT2D eigenvalue weighted by Crippen LogP contribution is -2.47. The van der Waals surface area contributed by atoms with Crippen molar-refractivity contribution in [1.29, 1.82) is 0 Å². The van der Waals surface area contributed by atoms with Crippen molar-refractivity contribution in [3.05, 3.63) is 52.8 Å². The topological polar surface area (TPSA) is 65.5 Å². The number of hydrogen-bond acceptors (Lipinski definition) is 5. The van der Waals surface area contributed by atoms with Crippen LogP contribution >= 0.6 is 23.2 Å². The van der Waals surface area contributed by atoms with Gasteiger partial charge >= 0.3 is 0 Å². The first-order valence-electron chi connectivity index (χ1n) is 11.3. The fraction of sp³-hybridized carbons (Fsp3) is 0.522. The van der Waals surface area contributed by atoms with Gasteiger partial charge in [-0.1, -0.05) is 29.3 Å². The van der Waals surface area contributed by atoms with Crippen LogP contribution in [0.2, 0.25) is 10.0 Å². The molecular formula is C23H30Cl2N4O2S. The van der Waals surface area contributed by atoms with Gasteiger partial charge in [-0.2, -0.15) is 0 Å². The molecule has 9 heteroatoms. The third-order valence-corrected chi connectivity index (χ3v) is 8.93. The molecule has 2 fully saturated rings. The Kier molecular flexibility index (Phi) is 7.95. The van der Waals surface area contributed by atoms with Crippen molar-refractivity contribution < 1.29 is 8.42 Å². The molecule has 1 aliphatic heterocycles. The highest BCUT2D eigenvalue weighted by molar-refractivity contribution is 7.89. The normalized spacial score (nSPS) is 22.8. The zero-order valence-electron chi connectivity index (χ0n) is 18.1. The Bertz CT molecular complexity index is 990. The molecule has 0 radical (unpaired) electrons. The minimum atomic E-state index is -3.48. The number of nitrogens with one attached hydrogen (secondary N) is 1. The Morgan fingerprint density at radius 1 is 1.00 bits per heavy atom. The molecule has 2 aliphatic rings. The summed E-state index contributed by atoms with van der Waals surface area (Å²) in [4.78, 5) is 8.98. The lowest BCUT2D eigenvalue weighted by Gasteiger charge is -2.37. The molecule has 0 bridgehead atoms. The third-order valence-electron chi connectivity index (χ3n) is 6.61. The fourth-order valence-corrected chi connectivity index (χ4v) is 6.36. The van der Waals surface area contributed by atoms with E-state index in [4.69, 9.17) is 23.2 Å². The SMILES string of the molecule is O=S(=O)(NC1CCC(CCN2CCN(c3cccc(Cl)c3Cl)CC2)CC1)c1cccnc1. The standard InChI is InChI=1S/C23H30Cl2N4O2S/c24-21-4-1-5-22(23(21)25)29-15-13-28(14-16-29)12-10-18-6-8-19(9-7-18)27-32(30,31)20-3-2-11-26-17-20/h1-5,11,17-19,27H,6-10,12-16H2. The number of sulfonamides is 1. The van der Waals surface area contributed by atoms with E-state index >= 15 is 0 Å². The zero-order chi connectivity index (χ0) is 22.6. The van der Waals surface area contributed by atoms with Crippen molar-refractivity contribution in [2.45, 2.75) is 43.0 Å². The minimum Gasteiger partial charge on any atom is -0.368 e. The van der Waals surface area contributed by atoms with Gasteiger partial charge in [-0.3, -0.25) is 9.88 Å². The Balaban J connectivity index is 1.18. The highest BCUT2D eigenvalue weighted by atomic mass is 35.5.